The molecule has 2 aliphatic rings. The summed E-state index contributed by atoms with van der Waals surface area (Å²) >= 11 is 0. The third kappa shape index (κ3) is 9.05. The average molecular weight is 885 g/mol. The lowest BCUT2D eigenvalue weighted by Gasteiger charge is -2.43. The summed E-state index contributed by atoms with van der Waals surface area (Å²) in [6, 6.07) is 67.7. The van der Waals surface area contributed by atoms with Gasteiger partial charge in [-0.25, -0.2) is 9.97 Å². The molecule has 7 aromatic carbocycles. The number of nitrogens with zero attached hydrogens (tertiary/aromatic N) is 2. The fourth-order valence-corrected chi connectivity index (χ4v) is 10.2. The molecule has 8 aromatic rings. The molecule has 0 spiro atoms. The lowest BCUT2D eigenvalue weighted by atomic mass is 9.75. The van der Waals surface area contributed by atoms with Crippen molar-refractivity contribution in [2.75, 3.05) is 0 Å². The van der Waals surface area contributed by atoms with Gasteiger partial charge in [0.15, 0.2) is 5.82 Å². The van der Waals surface area contributed by atoms with Gasteiger partial charge in [-0.2, -0.15) is 0 Å². The van der Waals surface area contributed by atoms with Crippen LogP contribution in [0.5, 0.6) is 0 Å². The summed E-state index contributed by atoms with van der Waals surface area (Å²) in [6.45, 7) is 13.8. The zero-order valence-electron chi connectivity index (χ0n) is 40.1. The Kier molecular flexibility index (Phi) is 12.2. The van der Waals surface area contributed by atoms with E-state index in [-0.39, 0.29) is 23.0 Å². The predicted octanol–water partition coefficient (Wildman–Crippen LogP) is 16.1. The van der Waals surface area contributed by atoms with Gasteiger partial charge in [-0.1, -0.05) is 236 Å². The van der Waals surface area contributed by atoms with E-state index in [1.54, 1.807) is 0 Å². The second-order valence-corrected chi connectivity index (χ2v) is 20.2. The Labute approximate surface area is 403 Å². The molecule has 10 rings (SSSR count). The largest absolute Gasteiger partial charge is 0.365 e. The number of rotatable bonds is 9. The Morgan fingerprint density at radius 3 is 1.50 bits per heavy atom. The Balaban J connectivity index is 1.09. The summed E-state index contributed by atoms with van der Waals surface area (Å²) in [7, 11) is 0. The van der Waals surface area contributed by atoms with Gasteiger partial charge in [0.05, 0.1) is 17.4 Å². The molecule has 1 aliphatic carbocycles. The van der Waals surface area contributed by atoms with E-state index in [1.807, 2.05) is 6.07 Å². The first-order valence-electron chi connectivity index (χ1n) is 24.1. The van der Waals surface area contributed by atoms with Gasteiger partial charge in [0, 0.05) is 28.0 Å². The third-order valence-corrected chi connectivity index (χ3v) is 13.3. The molecule has 0 radical (unpaired) electrons. The lowest BCUT2D eigenvalue weighted by Crippen LogP contribution is -2.51. The molecule has 0 bridgehead atoms. The highest BCUT2D eigenvalue weighted by Gasteiger charge is 2.37. The summed E-state index contributed by atoms with van der Waals surface area (Å²) in [4.78, 5) is 10.7. The van der Waals surface area contributed by atoms with Crippen LogP contribution in [0, 0.1) is 5.41 Å². The molecule has 0 fully saturated rings. The number of allylic oxidation sites excluding steroid dienone is 2. The highest BCUT2D eigenvalue weighted by atomic mass is 15.2. The second kappa shape index (κ2) is 18.7. The lowest BCUT2D eigenvalue weighted by molar-refractivity contribution is 0.377. The molecular formula is C64H60N4. The van der Waals surface area contributed by atoms with Gasteiger partial charge < -0.3 is 5.32 Å². The summed E-state index contributed by atoms with van der Waals surface area (Å²) in [5, 5.41) is 8.09. The minimum Gasteiger partial charge on any atom is -0.365 e. The smallest absolute Gasteiger partial charge is 0.160 e. The highest BCUT2D eigenvalue weighted by molar-refractivity contribution is 5.93. The summed E-state index contributed by atoms with van der Waals surface area (Å²) in [5.41, 5.74) is 19.1. The first-order valence-corrected chi connectivity index (χ1v) is 24.1. The Bertz CT molecular complexity index is 3180. The van der Waals surface area contributed by atoms with Gasteiger partial charge >= 0.3 is 0 Å². The van der Waals surface area contributed by atoms with Gasteiger partial charge in [-0.05, 0) is 91.5 Å². The predicted molar refractivity (Wildman–Crippen MR) is 285 cm³/mol. The van der Waals surface area contributed by atoms with Crippen molar-refractivity contribution in [1.82, 2.24) is 20.6 Å². The fraction of sp³-hybridized carbons (Fsp3) is 0.188. The van der Waals surface area contributed by atoms with Crippen molar-refractivity contribution in [2.24, 2.45) is 5.41 Å². The quantitative estimate of drug-likeness (QED) is 0.152. The van der Waals surface area contributed by atoms with Crippen LogP contribution in [0.2, 0.25) is 0 Å². The Hall–Kier alpha value is -7.40. The normalized spacial score (nSPS) is 16.3. The van der Waals surface area contributed by atoms with Gasteiger partial charge in [-0.15, -0.1) is 0 Å². The van der Waals surface area contributed by atoms with E-state index in [4.69, 9.17) is 9.97 Å². The summed E-state index contributed by atoms with van der Waals surface area (Å²) in [6.07, 6.45) is 9.06. The summed E-state index contributed by atoms with van der Waals surface area (Å²) in [5.74, 6) is 0.716. The molecule has 1 aliphatic heterocycles. The number of nitrogens with one attached hydrogen (secondary N) is 2. The van der Waals surface area contributed by atoms with E-state index in [1.165, 1.54) is 50.2 Å². The van der Waals surface area contributed by atoms with Gasteiger partial charge in [0.25, 0.3) is 0 Å². The van der Waals surface area contributed by atoms with Crippen LogP contribution in [0.4, 0.5) is 0 Å². The molecule has 0 saturated carbocycles. The number of benzene rings is 7. The number of aromatic nitrogens is 2. The first-order chi connectivity index (χ1) is 33.0. The van der Waals surface area contributed by atoms with Crippen molar-refractivity contribution >= 4 is 5.70 Å². The molecule has 2 N–H and O–H groups in total. The topological polar surface area (TPSA) is 49.8 Å². The van der Waals surface area contributed by atoms with Crippen molar-refractivity contribution in [3.63, 3.8) is 0 Å². The minimum atomic E-state index is -0.252. The zero-order chi connectivity index (χ0) is 46.8. The first kappa shape index (κ1) is 44.4. The molecule has 4 heteroatoms. The number of hydrogen-bond acceptors (Lipinski definition) is 4. The van der Waals surface area contributed by atoms with Crippen LogP contribution >= 0.6 is 0 Å². The Morgan fingerprint density at radius 2 is 0.941 bits per heavy atom. The maximum absolute atomic E-state index is 5.42. The van der Waals surface area contributed by atoms with Gasteiger partial charge in [0.1, 0.15) is 6.17 Å². The standard InChI is InChI=1S/C64H60N4/c1-63(2,3)55-57(43-25-11-7-12-26-43)65-61(45-29-15-9-16-30-45)67-59(55)49-35-23-33-47(41-49)51-37-19-21-39-53(51)54-40-22-20-38-52(54)48-34-24-36-50(42-48)60-56(64(4,5)6)58(44-27-13-8-14-28-44)66-62(68-60)46-31-17-10-18-32-46/h7-9,11-17,19-42,58,62,66,68H,10,18H2,1-6H3. The van der Waals surface area contributed by atoms with Crippen molar-refractivity contribution in [2.45, 2.75) is 72.0 Å². The maximum Gasteiger partial charge on any atom is 0.160 e. The Morgan fingerprint density at radius 1 is 0.456 bits per heavy atom. The van der Waals surface area contributed by atoms with E-state index in [0.29, 0.717) is 5.82 Å². The van der Waals surface area contributed by atoms with Crippen molar-refractivity contribution in [3.05, 3.63) is 234 Å². The van der Waals surface area contributed by atoms with Crippen LogP contribution in [-0.4, -0.2) is 16.1 Å². The van der Waals surface area contributed by atoms with Gasteiger partial charge in [0.2, 0.25) is 0 Å². The molecule has 1 aromatic heterocycles. The number of hydrogen-bond donors (Lipinski definition) is 2. The maximum atomic E-state index is 5.42. The second-order valence-electron chi connectivity index (χ2n) is 20.2. The van der Waals surface area contributed by atoms with Crippen LogP contribution in [-0.2, 0) is 5.41 Å². The molecule has 336 valence electrons. The van der Waals surface area contributed by atoms with Crippen LogP contribution in [0.15, 0.2) is 217 Å². The van der Waals surface area contributed by atoms with Crippen molar-refractivity contribution < 1.29 is 0 Å². The van der Waals surface area contributed by atoms with Crippen LogP contribution < -0.4 is 10.6 Å². The highest BCUT2D eigenvalue weighted by Crippen LogP contribution is 2.46. The molecule has 2 unspecified atom stereocenters. The SMILES string of the molecule is CC(C)(C)C1=C(c2cccc(-c3ccccc3-c3ccccc3-c3cccc(-c4nc(-c5ccccc5)nc(-c5ccccc5)c4C(C)(C)C)c3)c2)NC(C2=CCCC=C2)NC1c1ccccc1. The molecule has 2 atom stereocenters. The zero-order valence-corrected chi connectivity index (χ0v) is 40.1. The molecule has 0 amide bonds. The average Bonchev–Trinajstić information content (AvgIpc) is 3.38. The summed E-state index contributed by atoms with van der Waals surface area (Å²) < 4.78 is 0. The van der Waals surface area contributed by atoms with Crippen LogP contribution in [0.1, 0.15) is 77.1 Å². The van der Waals surface area contributed by atoms with Crippen molar-refractivity contribution in [3.8, 4) is 67.3 Å². The van der Waals surface area contributed by atoms with E-state index in [9.17, 15) is 0 Å². The third-order valence-electron chi connectivity index (χ3n) is 13.3. The van der Waals surface area contributed by atoms with E-state index in [0.717, 1.165) is 57.6 Å². The van der Waals surface area contributed by atoms with E-state index in [2.05, 4.69) is 252 Å². The molecule has 0 saturated heterocycles. The van der Waals surface area contributed by atoms with E-state index >= 15 is 0 Å². The monoisotopic (exact) mass is 884 g/mol. The van der Waals surface area contributed by atoms with Crippen LogP contribution in [0.25, 0.3) is 73.0 Å². The molecule has 4 nitrogen and oxygen atoms in total. The minimum absolute atomic E-state index is 0.0314. The van der Waals surface area contributed by atoms with Gasteiger partial charge in [-0.3, -0.25) is 5.32 Å². The molecule has 2 heterocycles. The molecular weight excluding hydrogens is 825 g/mol. The van der Waals surface area contributed by atoms with Crippen LogP contribution in [0.3, 0.4) is 0 Å². The van der Waals surface area contributed by atoms with Crippen molar-refractivity contribution in [1.29, 1.82) is 0 Å². The van der Waals surface area contributed by atoms with E-state index < -0.39 is 0 Å². The molecule has 68 heavy (non-hydrogen) atoms. The fourth-order valence-electron chi connectivity index (χ4n) is 10.2.